The molecule has 0 radical (unpaired) electrons. The van der Waals surface area contributed by atoms with Crippen LogP contribution in [0.5, 0.6) is 0 Å². The number of rotatable bonds is 2. The molecule has 2 rings (SSSR count). The van der Waals surface area contributed by atoms with Crippen LogP contribution in [0.1, 0.15) is 24.6 Å². The number of hydrogen-bond donors (Lipinski definition) is 1. The number of methoxy groups -OCH3 is 1. The summed E-state index contributed by atoms with van der Waals surface area (Å²) in [6.45, 7) is 0. The standard InChI is InChI=1S/C8H13N3OS/c1-11-7(9-10-8(11)13)5-3-6(4-5)12-2/h5-6H,3-4H2,1-2H3,(H,10,13). The lowest BCUT2D eigenvalue weighted by molar-refractivity contribution is 0.0229. The molecule has 1 aromatic rings. The van der Waals surface area contributed by atoms with Crippen molar-refractivity contribution < 1.29 is 4.74 Å². The molecule has 0 aromatic carbocycles. The fourth-order valence-electron chi connectivity index (χ4n) is 1.69. The highest BCUT2D eigenvalue weighted by Gasteiger charge is 2.33. The molecule has 1 heterocycles. The third kappa shape index (κ3) is 1.42. The van der Waals surface area contributed by atoms with E-state index in [0.717, 1.165) is 18.7 Å². The van der Waals surface area contributed by atoms with Crippen molar-refractivity contribution >= 4 is 12.2 Å². The normalized spacial score (nSPS) is 27.2. The smallest absolute Gasteiger partial charge is 0.194 e. The maximum Gasteiger partial charge on any atom is 0.194 e. The van der Waals surface area contributed by atoms with Crippen molar-refractivity contribution in [3.05, 3.63) is 10.6 Å². The van der Waals surface area contributed by atoms with Gasteiger partial charge >= 0.3 is 0 Å². The second-order valence-corrected chi connectivity index (χ2v) is 3.86. The van der Waals surface area contributed by atoms with Crippen LogP contribution in [0.25, 0.3) is 0 Å². The monoisotopic (exact) mass is 199 g/mol. The summed E-state index contributed by atoms with van der Waals surface area (Å²) in [5.41, 5.74) is 0. The van der Waals surface area contributed by atoms with Crippen LogP contribution in [0, 0.1) is 4.77 Å². The lowest BCUT2D eigenvalue weighted by Gasteiger charge is -2.32. The Morgan fingerprint density at radius 2 is 2.31 bits per heavy atom. The summed E-state index contributed by atoms with van der Waals surface area (Å²) < 4.78 is 7.84. The molecule has 1 aromatic heterocycles. The van der Waals surface area contributed by atoms with E-state index in [1.54, 1.807) is 7.11 Å². The maximum atomic E-state index is 5.21. The molecule has 1 N–H and O–H groups in total. The van der Waals surface area contributed by atoms with Crippen LogP contribution in [-0.2, 0) is 11.8 Å². The minimum atomic E-state index is 0.412. The zero-order valence-corrected chi connectivity index (χ0v) is 8.60. The van der Waals surface area contributed by atoms with Gasteiger partial charge in [0, 0.05) is 20.1 Å². The summed E-state index contributed by atoms with van der Waals surface area (Å²) in [4.78, 5) is 0. The Morgan fingerprint density at radius 3 is 2.77 bits per heavy atom. The maximum absolute atomic E-state index is 5.21. The summed E-state index contributed by atoms with van der Waals surface area (Å²) in [6, 6.07) is 0. The van der Waals surface area contributed by atoms with Crippen LogP contribution in [0.3, 0.4) is 0 Å². The number of nitrogens with one attached hydrogen (secondary N) is 1. The number of ether oxygens (including phenoxy) is 1. The quantitative estimate of drug-likeness (QED) is 0.731. The molecule has 0 atom stereocenters. The first-order chi connectivity index (χ1) is 6.22. The molecule has 1 aliphatic rings. The molecule has 0 bridgehead atoms. The van der Waals surface area contributed by atoms with E-state index >= 15 is 0 Å². The van der Waals surface area contributed by atoms with Crippen LogP contribution < -0.4 is 0 Å². The van der Waals surface area contributed by atoms with E-state index < -0.39 is 0 Å². The largest absolute Gasteiger partial charge is 0.381 e. The molecular formula is C8H13N3OS. The van der Waals surface area contributed by atoms with Crippen molar-refractivity contribution in [2.45, 2.75) is 24.9 Å². The van der Waals surface area contributed by atoms with Crippen LogP contribution in [-0.4, -0.2) is 28.0 Å². The zero-order valence-electron chi connectivity index (χ0n) is 7.78. The molecule has 0 aliphatic heterocycles. The second kappa shape index (κ2) is 3.23. The van der Waals surface area contributed by atoms with Gasteiger partial charge in [-0.2, -0.15) is 5.10 Å². The molecule has 0 amide bonds. The highest BCUT2D eigenvalue weighted by Crippen LogP contribution is 2.36. The Balaban J connectivity index is 2.11. The fraction of sp³-hybridized carbons (Fsp3) is 0.750. The first kappa shape index (κ1) is 8.90. The van der Waals surface area contributed by atoms with E-state index in [1.807, 2.05) is 11.6 Å². The van der Waals surface area contributed by atoms with E-state index in [1.165, 1.54) is 0 Å². The summed E-state index contributed by atoms with van der Waals surface area (Å²) in [5, 5.41) is 6.99. The van der Waals surface area contributed by atoms with E-state index in [9.17, 15) is 0 Å². The van der Waals surface area contributed by atoms with Gasteiger partial charge in [-0.15, -0.1) is 0 Å². The average Bonchev–Trinajstić information content (AvgIpc) is 2.34. The predicted molar refractivity (Wildman–Crippen MR) is 51.2 cm³/mol. The number of hydrogen-bond acceptors (Lipinski definition) is 3. The summed E-state index contributed by atoms with van der Waals surface area (Å²) in [6.07, 6.45) is 2.53. The van der Waals surface area contributed by atoms with Crippen LogP contribution in [0.15, 0.2) is 0 Å². The molecule has 0 spiro atoms. The third-order valence-corrected chi connectivity index (χ3v) is 3.07. The Labute approximate surface area is 81.9 Å². The van der Waals surface area contributed by atoms with Crippen LogP contribution >= 0.6 is 12.2 Å². The molecule has 4 nitrogen and oxygen atoms in total. The van der Waals surface area contributed by atoms with E-state index in [2.05, 4.69) is 10.2 Å². The van der Waals surface area contributed by atoms with Gasteiger partial charge in [0.15, 0.2) is 4.77 Å². The lowest BCUT2D eigenvalue weighted by Crippen LogP contribution is -2.30. The number of nitrogens with zero attached hydrogens (tertiary/aromatic N) is 2. The van der Waals surface area contributed by atoms with E-state index in [4.69, 9.17) is 17.0 Å². The van der Waals surface area contributed by atoms with Gasteiger partial charge in [-0.05, 0) is 25.1 Å². The van der Waals surface area contributed by atoms with Crippen LogP contribution in [0.2, 0.25) is 0 Å². The Kier molecular flexibility index (Phi) is 2.21. The van der Waals surface area contributed by atoms with Gasteiger partial charge in [0.25, 0.3) is 0 Å². The zero-order chi connectivity index (χ0) is 9.42. The average molecular weight is 199 g/mol. The fourth-order valence-corrected chi connectivity index (χ4v) is 1.83. The third-order valence-electron chi connectivity index (χ3n) is 2.71. The minimum Gasteiger partial charge on any atom is -0.381 e. The van der Waals surface area contributed by atoms with Gasteiger partial charge in [0.2, 0.25) is 0 Å². The topological polar surface area (TPSA) is 42.8 Å². The highest BCUT2D eigenvalue weighted by atomic mass is 32.1. The molecule has 72 valence electrons. The molecule has 13 heavy (non-hydrogen) atoms. The van der Waals surface area contributed by atoms with Crippen molar-refractivity contribution in [1.82, 2.24) is 14.8 Å². The first-order valence-electron chi connectivity index (χ1n) is 4.36. The summed E-state index contributed by atoms with van der Waals surface area (Å²) in [5.74, 6) is 1.57. The van der Waals surface area contributed by atoms with E-state index in [-0.39, 0.29) is 0 Å². The Bertz CT molecular complexity index is 351. The summed E-state index contributed by atoms with van der Waals surface area (Å²) >= 11 is 5.04. The van der Waals surface area contributed by atoms with Crippen molar-refractivity contribution in [1.29, 1.82) is 0 Å². The Morgan fingerprint density at radius 1 is 1.62 bits per heavy atom. The number of H-pyrrole nitrogens is 1. The van der Waals surface area contributed by atoms with Crippen molar-refractivity contribution in [2.24, 2.45) is 7.05 Å². The minimum absolute atomic E-state index is 0.412. The van der Waals surface area contributed by atoms with E-state index in [0.29, 0.717) is 16.8 Å². The Hall–Kier alpha value is -0.680. The molecule has 1 fully saturated rings. The van der Waals surface area contributed by atoms with Gasteiger partial charge in [0.1, 0.15) is 5.82 Å². The highest BCUT2D eigenvalue weighted by molar-refractivity contribution is 7.71. The molecule has 0 unspecified atom stereocenters. The summed E-state index contributed by atoms with van der Waals surface area (Å²) in [7, 11) is 3.70. The first-order valence-corrected chi connectivity index (χ1v) is 4.77. The SMILES string of the molecule is COC1CC(c2n[nH]c(=S)n2C)C1. The molecule has 0 saturated heterocycles. The molecule has 1 aliphatic carbocycles. The van der Waals surface area contributed by atoms with Gasteiger partial charge in [-0.3, -0.25) is 5.10 Å². The predicted octanol–water partition coefficient (Wildman–Crippen LogP) is 1.37. The second-order valence-electron chi connectivity index (χ2n) is 3.47. The van der Waals surface area contributed by atoms with Gasteiger partial charge in [0.05, 0.1) is 6.10 Å². The van der Waals surface area contributed by atoms with Gasteiger partial charge < -0.3 is 9.30 Å². The van der Waals surface area contributed by atoms with Crippen LogP contribution in [0.4, 0.5) is 0 Å². The number of aromatic amines is 1. The van der Waals surface area contributed by atoms with Gasteiger partial charge in [-0.1, -0.05) is 0 Å². The lowest BCUT2D eigenvalue weighted by atomic mass is 9.81. The molecule has 5 heteroatoms. The molecular weight excluding hydrogens is 186 g/mol. The van der Waals surface area contributed by atoms with Gasteiger partial charge in [-0.25, -0.2) is 0 Å². The van der Waals surface area contributed by atoms with Crippen molar-refractivity contribution in [3.63, 3.8) is 0 Å². The number of aromatic nitrogens is 3. The van der Waals surface area contributed by atoms with Crippen molar-refractivity contribution in [2.75, 3.05) is 7.11 Å². The van der Waals surface area contributed by atoms with Crippen molar-refractivity contribution in [3.8, 4) is 0 Å². The molecule has 1 saturated carbocycles.